The van der Waals surface area contributed by atoms with Gasteiger partial charge >= 0.3 is 0 Å². The molecule has 0 bridgehead atoms. The number of nitro groups is 1. The molecule has 4 rings (SSSR count). The molecule has 0 amide bonds. The quantitative estimate of drug-likeness (QED) is 0.174. The molecule has 38 heavy (non-hydrogen) atoms. The number of ketones is 1. The van der Waals surface area contributed by atoms with Crippen molar-refractivity contribution in [3.05, 3.63) is 104 Å². The molecule has 0 saturated carbocycles. The third-order valence-corrected chi connectivity index (χ3v) is 6.41. The lowest BCUT2D eigenvalue weighted by Crippen LogP contribution is -2.48. The maximum atomic E-state index is 13.2. The van der Waals surface area contributed by atoms with Crippen molar-refractivity contribution in [2.75, 3.05) is 18.0 Å². The molecule has 1 saturated heterocycles. The maximum Gasteiger partial charge on any atom is 0.269 e. The summed E-state index contributed by atoms with van der Waals surface area (Å²) in [4.78, 5) is 36.5. The number of hydrogen-bond acceptors (Lipinski definition) is 8. The molecule has 1 aliphatic rings. The zero-order chi connectivity index (χ0) is 26.9. The summed E-state index contributed by atoms with van der Waals surface area (Å²) >= 11 is 11.8. The zero-order valence-corrected chi connectivity index (χ0v) is 21.7. The average Bonchev–Trinajstić information content (AvgIpc) is 2.92. The van der Waals surface area contributed by atoms with E-state index in [9.17, 15) is 14.9 Å². The second-order valence-electron chi connectivity index (χ2n) is 8.60. The fourth-order valence-corrected chi connectivity index (χ4v) is 4.11. The molecule has 1 fully saturated rings. The van der Waals surface area contributed by atoms with Gasteiger partial charge in [-0.25, -0.2) is 0 Å². The lowest BCUT2D eigenvalue weighted by molar-refractivity contribution is -0.384. The number of Topliss-reactive ketones (excluding diaryl/α,β-unsaturated/α-hetero) is 1. The van der Waals surface area contributed by atoms with Gasteiger partial charge < -0.3 is 14.6 Å². The van der Waals surface area contributed by atoms with E-state index in [0.717, 1.165) is 16.8 Å². The van der Waals surface area contributed by atoms with E-state index >= 15 is 0 Å². The van der Waals surface area contributed by atoms with Gasteiger partial charge in [0.2, 0.25) is 0 Å². The van der Waals surface area contributed by atoms with Gasteiger partial charge in [-0.15, -0.1) is 0 Å². The van der Waals surface area contributed by atoms with Crippen LogP contribution in [0.25, 0.3) is 0 Å². The number of oxime groups is 2. The van der Waals surface area contributed by atoms with Gasteiger partial charge in [-0.1, -0.05) is 57.8 Å². The Morgan fingerprint density at radius 1 is 0.816 bits per heavy atom. The molecule has 3 aromatic carbocycles. The van der Waals surface area contributed by atoms with E-state index in [1.165, 1.54) is 24.6 Å². The second kappa shape index (κ2) is 13.0. The van der Waals surface area contributed by atoms with Gasteiger partial charge in [0.05, 0.1) is 29.2 Å². The van der Waals surface area contributed by atoms with Crippen LogP contribution in [0.5, 0.6) is 0 Å². The normalized spacial score (nSPS) is 17.7. The van der Waals surface area contributed by atoms with Gasteiger partial charge in [0.1, 0.15) is 13.2 Å². The highest BCUT2D eigenvalue weighted by atomic mass is 35.5. The van der Waals surface area contributed by atoms with Crippen LogP contribution in [0.2, 0.25) is 10.0 Å². The molecule has 1 aliphatic heterocycles. The van der Waals surface area contributed by atoms with Crippen LogP contribution in [0, 0.1) is 22.0 Å². The highest BCUT2D eigenvalue weighted by Crippen LogP contribution is 2.25. The Labute approximate surface area is 229 Å². The summed E-state index contributed by atoms with van der Waals surface area (Å²) in [5, 5.41) is 20.3. The first-order valence-corrected chi connectivity index (χ1v) is 12.5. The van der Waals surface area contributed by atoms with Gasteiger partial charge in [-0.2, -0.15) is 0 Å². The minimum absolute atomic E-state index is 0.00994. The number of piperidine rings is 1. The van der Waals surface area contributed by atoms with Crippen LogP contribution in [0.15, 0.2) is 83.1 Å². The molecule has 3 aromatic rings. The predicted molar refractivity (Wildman–Crippen MR) is 147 cm³/mol. The molecule has 9 nitrogen and oxygen atoms in total. The largest absolute Gasteiger partial charge is 0.391 e. The van der Waals surface area contributed by atoms with Crippen LogP contribution < -0.4 is 4.90 Å². The van der Waals surface area contributed by atoms with Gasteiger partial charge in [0, 0.05) is 41.0 Å². The van der Waals surface area contributed by atoms with Crippen molar-refractivity contribution in [3.8, 4) is 0 Å². The Hall–Kier alpha value is -3.95. The van der Waals surface area contributed by atoms with Gasteiger partial charge in [-0.05, 0) is 47.5 Å². The minimum atomic E-state index is -0.586. The van der Waals surface area contributed by atoms with Crippen LogP contribution in [-0.4, -0.2) is 36.2 Å². The van der Waals surface area contributed by atoms with Gasteiger partial charge in [-0.3, -0.25) is 14.9 Å². The smallest absolute Gasteiger partial charge is 0.269 e. The van der Waals surface area contributed by atoms with Crippen LogP contribution in [0.3, 0.4) is 0 Å². The summed E-state index contributed by atoms with van der Waals surface area (Å²) in [7, 11) is 0. The molecule has 0 radical (unpaired) electrons. The zero-order valence-electron chi connectivity index (χ0n) is 20.2. The van der Waals surface area contributed by atoms with E-state index in [2.05, 4.69) is 10.3 Å². The van der Waals surface area contributed by atoms with E-state index in [1.54, 1.807) is 36.4 Å². The number of carbonyl (C=O) groups excluding carboxylic acids is 1. The molecule has 0 unspecified atom stereocenters. The molecule has 0 N–H and O–H groups in total. The number of nitrogens with zero attached hydrogens (tertiary/aromatic N) is 4. The van der Waals surface area contributed by atoms with Crippen molar-refractivity contribution in [1.29, 1.82) is 0 Å². The van der Waals surface area contributed by atoms with E-state index in [1.807, 2.05) is 29.2 Å². The van der Waals surface area contributed by atoms with Crippen LogP contribution in [0.4, 0.5) is 11.4 Å². The topological polar surface area (TPSA) is 107 Å². The maximum absolute atomic E-state index is 13.2. The number of hydrogen-bond donors (Lipinski definition) is 0. The Bertz CT molecular complexity index is 1230. The molecule has 196 valence electrons. The van der Waals surface area contributed by atoms with Crippen molar-refractivity contribution in [3.63, 3.8) is 0 Å². The predicted octanol–water partition coefficient (Wildman–Crippen LogP) is 5.93. The third kappa shape index (κ3) is 7.53. The molecule has 2 atom stereocenters. The van der Waals surface area contributed by atoms with E-state index in [4.69, 9.17) is 32.9 Å². The molecule has 0 aromatic heterocycles. The Morgan fingerprint density at radius 3 is 1.68 bits per heavy atom. The standard InChI is InChI=1S/C27H24Cl2N4O5/c28-23-5-1-19(2-6-23)17-37-30-13-21-15-32(25-9-11-26(12-10-25)33(35)36)16-22(27(21)34)14-31-38-18-20-3-7-24(29)8-4-20/h1-14,21-22H,15-18H2/b30-13-,31-14+/t21-,22-/m1/s1. The fourth-order valence-electron chi connectivity index (χ4n) is 3.86. The SMILES string of the molecule is O=C1[C@H](/C=N\OCc2ccc(Cl)cc2)CN(c2ccc([N+](=O)[O-])cc2)C[C@H]1/C=N/OCc1ccc(Cl)cc1. The lowest BCUT2D eigenvalue weighted by Gasteiger charge is -2.35. The van der Waals surface area contributed by atoms with Crippen LogP contribution in [0.1, 0.15) is 11.1 Å². The van der Waals surface area contributed by atoms with Gasteiger partial charge in [0.15, 0.2) is 5.78 Å². The van der Waals surface area contributed by atoms with Crippen molar-refractivity contribution in [2.24, 2.45) is 22.1 Å². The van der Waals surface area contributed by atoms with Crippen LogP contribution in [-0.2, 0) is 27.7 Å². The van der Waals surface area contributed by atoms with Crippen molar-refractivity contribution < 1.29 is 19.4 Å². The number of anilines is 1. The van der Waals surface area contributed by atoms with Crippen molar-refractivity contribution >= 4 is 52.8 Å². The summed E-state index contributed by atoms with van der Waals surface area (Å²) in [6, 6.07) is 20.5. The molecule has 1 heterocycles. The highest BCUT2D eigenvalue weighted by molar-refractivity contribution is 6.30. The molecular formula is C27H24Cl2N4O5. The number of halogens is 2. The van der Waals surface area contributed by atoms with Crippen LogP contribution >= 0.6 is 23.2 Å². The second-order valence-corrected chi connectivity index (χ2v) is 9.48. The summed E-state index contributed by atoms with van der Waals surface area (Å²) in [6.45, 7) is 1.12. The number of carbonyl (C=O) groups is 1. The number of nitro benzene ring substituents is 1. The van der Waals surface area contributed by atoms with E-state index < -0.39 is 16.8 Å². The van der Waals surface area contributed by atoms with Gasteiger partial charge in [0.25, 0.3) is 5.69 Å². The molecule has 0 aliphatic carbocycles. The molecule has 11 heteroatoms. The molecular weight excluding hydrogens is 531 g/mol. The fraction of sp³-hybridized carbons (Fsp3) is 0.222. The summed E-state index contributed by atoms with van der Waals surface area (Å²) in [5.74, 6) is -1.26. The molecule has 0 spiro atoms. The van der Waals surface area contributed by atoms with Crippen molar-refractivity contribution in [1.82, 2.24) is 0 Å². The summed E-state index contributed by atoms with van der Waals surface area (Å²) in [5.41, 5.74) is 2.50. The first-order chi connectivity index (χ1) is 18.4. The Balaban J connectivity index is 1.43. The van der Waals surface area contributed by atoms with Crippen molar-refractivity contribution in [2.45, 2.75) is 13.2 Å². The Morgan fingerprint density at radius 2 is 1.26 bits per heavy atom. The number of rotatable bonds is 10. The average molecular weight is 555 g/mol. The highest BCUT2D eigenvalue weighted by Gasteiger charge is 2.34. The monoisotopic (exact) mass is 554 g/mol. The minimum Gasteiger partial charge on any atom is -0.391 e. The van der Waals surface area contributed by atoms with E-state index in [0.29, 0.717) is 23.1 Å². The lowest BCUT2D eigenvalue weighted by atomic mass is 9.88. The first-order valence-electron chi connectivity index (χ1n) is 11.7. The van der Waals surface area contributed by atoms with E-state index in [-0.39, 0.29) is 24.7 Å². The summed E-state index contributed by atoms with van der Waals surface area (Å²) in [6.07, 6.45) is 2.95. The number of benzene rings is 3. The summed E-state index contributed by atoms with van der Waals surface area (Å²) < 4.78 is 0. The first kappa shape index (κ1) is 27.1. The Kier molecular flexibility index (Phi) is 9.29. The third-order valence-electron chi connectivity index (χ3n) is 5.91. The number of non-ortho nitro benzene ring substituents is 1.